The third-order valence-corrected chi connectivity index (χ3v) is 6.29. The normalized spacial score (nSPS) is 14.1. The Kier molecular flexibility index (Phi) is 8.23. The molecule has 0 aromatic carbocycles. The summed E-state index contributed by atoms with van der Waals surface area (Å²) in [6.45, 7) is 1.47. The van der Waals surface area contributed by atoms with E-state index in [1.807, 2.05) is 0 Å². The highest BCUT2D eigenvalue weighted by atomic mass is 35.5. The predicted molar refractivity (Wildman–Crippen MR) is 110 cm³/mol. The van der Waals surface area contributed by atoms with Crippen molar-refractivity contribution in [2.45, 2.75) is 18.3 Å². The minimum absolute atomic E-state index is 0.0832. The Morgan fingerprint density at radius 2 is 1.73 bits per heavy atom. The van der Waals surface area contributed by atoms with Crippen molar-refractivity contribution in [2.24, 2.45) is 10.8 Å². The number of nitrogens with two attached hydrogens (primary N) is 1. The second-order valence-electron chi connectivity index (χ2n) is 5.87. The molecule has 0 aliphatic heterocycles. The van der Waals surface area contributed by atoms with Crippen LogP contribution in [-0.4, -0.2) is 66.5 Å². The summed E-state index contributed by atoms with van der Waals surface area (Å²) in [6, 6.07) is 0. The second-order valence-corrected chi connectivity index (χ2v) is 8.67. The number of aromatic nitrogens is 4. The average molecular weight is 460 g/mol. The maximum Gasteiger partial charge on any atom is 0.246 e. The van der Waals surface area contributed by atoms with Crippen LogP contribution in [0.4, 0.5) is 5.69 Å². The van der Waals surface area contributed by atoms with Crippen molar-refractivity contribution in [1.29, 1.82) is 0 Å². The van der Waals surface area contributed by atoms with Gasteiger partial charge in [-0.25, -0.2) is 29.2 Å². The number of amidine groups is 1. The Hall–Kier alpha value is -2.61. The average Bonchev–Trinajstić information content (AvgIpc) is 2.74. The van der Waals surface area contributed by atoms with Gasteiger partial charge in [-0.05, 0) is 6.92 Å². The number of aliphatic imine (C=N–C) groups is 1. The molecule has 3 N–H and O–H groups in total. The van der Waals surface area contributed by atoms with Crippen LogP contribution in [0.5, 0.6) is 11.8 Å². The molecule has 2 atom stereocenters. The lowest BCUT2D eigenvalue weighted by Gasteiger charge is -2.22. The van der Waals surface area contributed by atoms with Gasteiger partial charge in [0.25, 0.3) is 0 Å². The number of nitrogens with zero attached hydrogens (tertiary/aromatic N) is 5. The van der Waals surface area contributed by atoms with Crippen LogP contribution in [0.15, 0.2) is 23.7 Å². The van der Waals surface area contributed by atoms with Gasteiger partial charge in [0.05, 0.1) is 24.5 Å². The Morgan fingerprint density at radius 1 is 1.17 bits per heavy atom. The third-order valence-electron chi connectivity index (χ3n) is 4.03. The molecule has 2 aromatic rings. The summed E-state index contributed by atoms with van der Waals surface area (Å²) in [6.07, 6.45) is 3.01. The minimum atomic E-state index is -3.83. The van der Waals surface area contributed by atoms with Crippen molar-refractivity contribution < 1.29 is 22.6 Å². The molecule has 14 heteroatoms. The van der Waals surface area contributed by atoms with Gasteiger partial charge in [-0.15, -0.1) is 0 Å². The van der Waals surface area contributed by atoms with E-state index in [0.717, 1.165) is 0 Å². The summed E-state index contributed by atoms with van der Waals surface area (Å²) in [5.74, 6) is 5.24. The summed E-state index contributed by atoms with van der Waals surface area (Å²) < 4.78 is 41.6. The Labute approximate surface area is 178 Å². The van der Waals surface area contributed by atoms with Gasteiger partial charge >= 0.3 is 0 Å². The van der Waals surface area contributed by atoms with Crippen LogP contribution >= 0.6 is 11.6 Å². The van der Waals surface area contributed by atoms with Gasteiger partial charge in [0.1, 0.15) is 24.0 Å². The van der Waals surface area contributed by atoms with E-state index in [0.29, 0.717) is 5.02 Å². The molecule has 12 nitrogen and oxygen atoms in total. The summed E-state index contributed by atoms with van der Waals surface area (Å²) in [7, 11) is 0.288. The van der Waals surface area contributed by atoms with Gasteiger partial charge in [0, 0.05) is 19.5 Å². The fourth-order valence-electron chi connectivity index (χ4n) is 2.47. The SMILES string of the molecule is COc1ncnc(OC)c1N=C(CS(=O)(=O)[C@@H](C)[C@H](OC)c1ncc(Cl)cn1)NN. The van der Waals surface area contributed by atoms with E-state index in [4.69, 9.17) is 31.7 Å². The number of halogens is 1. The summed E-state index contributed by atoms with van der Waals surface area (Å²) >= 11 is 5.79. The van der Waals surface area contributed by atoms with Crippen LogP contribution in [0.25, 0.3) is 0 Å². The monoisotopic (exact) mass is 459 g/mol. The van der Waals surface area contributed by atoms with Gasteiger partial charge in [-0.2, -0.15) is 9.97 Å². The molecule has 0 saturated heterocycles. The maximum absolute atomic E-state index is 13.0. The lowest BCUT2D eigenvalue weighted by Crippen LogP contribution is -2.40. The first-order valence-electron chi connectivity index (χ1n) is 8.46. The highest BCUT2D eigenvalue weighted by Crippen LogP contribution is 2.33. The molecule has 0 saturated carbocycles. The van der Waals surface area contributed by atoms with E-state index in [2.05, 4.69) is 30.4 Å². The Balaban J connectivity index is 2.35. The van der Waals surface area contributed by atoms with E-state index in [9.17, 15) is 8.42 Å². The molecule has 2 rings (SSSR count). The van der Waals surface area contributed by atoms with Crippen LogP contribution in [0.1, 0.15) is 18.9 Å². The smallest absolute Gasteiger partial charge is 0.246 e. The first-order chi connectivity index (χ1) is 14.3. The van der Waals surface area contributed by atoms with Crippen LogP contribution in [0.3, 0.4) is 0 Å². The first-order valence-corrected chi connectivity index (χ1v) is 10.6. The molecular weight excluding hydrogens is 438 g/mol. The molecule has 0 amide bonds. The van der Waals surface area contributed by atoms with Gasteiger partial charge in [0.2, 0.25) is 11.8 Å². The van der Waals surface area contributed by atoms with Crippen molar-refractivity contribution >= 4 is 33.0 Å². The van der Waals surface area contributed by atoms with Crippen molar-refractivity contribution in [3.05, 3.63) is 29.6 Å². The standard InChI is InChI=1S/C16H22ClN7O5S/c1-9(13(27-2)14-19-5-10(17)6-20-14)30(25,26)7-11(24-18)23-12-15(28-3)21-8-22-16(12)29-4/h5-6,8-9,13H,7,18H2,1-4H3,(H,23,24)/t9-,13-/m0/s1. The topological polar surface area (TPSA) is 164 Å². The number of rotatable bonds is 9. The van der Waals surface area contributed by atoms with Crippen molar-refractivity contribution in [2.75, 3.05) is 27.1 Å². The zero-order valence-electron chi connectivity index (χ0n) is 16.7. The molecule has 2 aromatic heterocycles. The van der Waals surface area contributed by atoms with Crippen LogP contribution < -0.4 is 20.7 Å². The summed E-state index contributed by atoms with van der Waals surface area (Å²) in [4.78, 5) is 20.1. The molecule has 0 unspecified atom stereocenters. The van der Waals surface area contributed by atoms with Gasteiger partial charge < -0.3 is 19.6 Å². The van der Waals surface area contributed by atoms with Crippen molar-refractivity contribution in [3.63, 3.8) is 0 Å². The molecule has 30 heavy (non-hydrogen) atoms. The second kappa shape index (κ2) is 10.4. The van der Waals surface area contributed by atoms with E-state index in [1.165, 1.54) is 47.0 Å². The number of sulfone groups is 1. The zero-order chi connectivity index (χ0) is 22.3. The minimum Gasteiger partial charge on any atom is -0.479 e. The number of methoxy groups -OCH3 is 3. The Bertz CT molecular complexity index is 966. The molecule has 2 heterocycles. The zero-order valence-corrected chi connectivity index (χ0v) is 18.3. The highest BCUT2D eigenvalue weighted by molar-refractivity contribution is 7.92. The van der Waals surface area contributed by atoms with E-state index >= 15 is 0 Å². The van der Waals surface area contributed by atoms with Crippen LogP contribution in [0.2, 0.25) is 5.02 Å². The van der Waals surface area contributed by atoms with E-state index in [-0.39, 0.29) is 29.1 Å². The molecular formula is C16H22ClN7O5S. The first kappa shape index (κ1) is 23.7. The highest BCUT2D eigenvalue weighted by Gasteiger charge is 2.34. The predicted octanol–water partition coefficient (Wildman–Crippen LogP) is 0.622. The fraction of sp³-hybridized carbons (Fsp3) is 0.438. The third kappa shape index (κ3) is 5.50. The van der Waals surface area contributed by atoms with Gasteiger partial charge in [-0.1, -0.05) is 11.6 Å². The molecule has 0 bridgehead atoms. The summed E-state index contributed by atoms with van der Waals surface area (Å²) in [5, 5.41) is -0.711. The lowest BCUT2D eigenvalue weighted by atomic mass is 10.2. The molecule has 0 radical (unpaired) electrons. The summed E-state index contributed by atoms with van der Waals surface area (Å²) in [5.41, 5.74) is 2.37. The molecule has 164 valence electrons. The van der Waals surface area contributed by atoms with E-state index in [1.54, 1.807) is 0 Å². The van der Waals surface area contributed by atoms with Crippen molar-refractivity contribution in [3.8, 4) is 11.8 Å². The van der Waals surface area contributed by atoms with Crippen molar-refractivity contribution in [1.82, 2.24) is 25.4 Å². The van der Waals surface area contributed by atoms with E-state index < -0.39 is 26.9 Å². The number of hydrogen-bond acceptors (Lipinski definition) is 11. The molecule has 0 spiro atoms. The molecule has 0 aliphatic rings. The number of ether oxygens (including phenoxy) is 3. The number of hydrazine groups is 1. The largest absolute Gasteiger partial charge is 0.479 e. The van der Waals surface area contributed by atoms with Crippen LogP contribution in [0, 0.1) is 0 Å². The van der Waals surface area contributed by atoms with Gasteiger partial charge in [0.15, 0.2) is 21.3 Å². The molecule has 0 aliphatic carbocycles. The number of hydrogen-bond donors (Lipinski definition) is 2. The van der Waals surface area contributed by atoms with Gasteiger partial charge in [-0.3, -0.25) is 0 Å². The van der Waals surface area contributed by atoms with Crippen LogP contribution in [-0.2, 0) is 14.6 Å². The fourth-order valence-corrected chi connectivity index (χ4v) is 3.97. The maximum atomic E-state index is 13.0. The quantitative estimate of drug-likeness (QED) is 0.233. The Morgan fingerprint density at radius 3 is 2.20 bits per heavy atom. The lowest BCUT2D eigenvalue weighted by molar-refractivity contribution is 0.0949. The molecule has 0 fully saturated rings. The number of nitrogens with one attached hydrogen (secondary N) is 1.